The molecule has 8 rings (SSSR count). The summed E-state index contributed by atoms with van der Waals surface area (Å²) in [6.45, 7) is 0. The Bertz CT molecular complexity index is 2980. The first-order chi connectivity index (χ1) is 27.2. The summed E-state index contributed by atoms with van der Waals surface area (Å²) in [5.41, 5.74) is 4.40. The first kappa shape index (κ1) is 35.7. The molecule has 0 heterocycles. The highest BCUT2D eigenvalue weighted by atomic mass is 32.2. The molecule has 0 amide bonds. The van der Waals surface area contributed by atoms with Crippen LogP contribution in [0.1, 0.15) is 0 Å². The van der Waals surface area contributed by atoms with Gasteiger partial charge in [-0.2, -0.15) is 13.5 Å². The van der Waals surface area contributed by atoms with Gasteiger partial charge in [0.2, 0.25) is 0 Å². The number of rotatable bonds is 10. The number of para-hydroxylation sites is 1. The molecule has 8 aromatic carbocycles. The van der Waals surface area contributed by atoms with Crippen LogP contribution in [0.5, 0.6) is 11.5 Å². The largest absolute Gasteiger partial charge is 0.505 e. The Labute approximate surface area is 320 Å². The van der Waals surface area contributed by atoms with E-state index in [0.717, 1.165) is 16.8 Å². The smallest absolute Gasteiger partial charge is 0.294 e. The van der Waals surface area contributed by atoms with Crippen molar-refractivity contribution in [3.63, 3.8) is 0 Å². The van der Waals surface area contributed by atoms with Crippen molar-refractivity contribution < 1.29 is 22.8 Å². The Morgan fingerprint density at radius 1 is 0.518 bits per heavy atom. The lowest BCUT2D eigenvalue weighted by Crippen LogP contribution is -1.97. The molecule has 0 aliphatic carbocycles. The maximum atomic E-state index is 12.1. The number of methoxy groups -OCH3 is 1. The third-order valence-corrected chi connectivity index (χ3v) is 9.85. The lowest BCUT2D eigenvalue weighted by atomic mass is 10.1. The maximum Gasteiger partial charge on any atom is 0.294 e. The number of phenolic OH excluding ortho intramolecular Hbond substituents is 1. The van der Waals surface area contributed by atoms with Gasteiger partial charge in [-0.25, -0.2) is 0 Å². The quantitative estimate of drug-likeness (QED) is 0.0925. The van der Waals surface area contributed by atoms with E-state index >= 15 is 0 Å². The highest BCUT2D eigenvalue weighted by Gasteiger charge is 2.16. The van der Waals surface area contributed by atoms with E-state index in [1.807, 2.05) is 109 Å². The summed E-state index contributed by atoms with van der Waals surface area (Å²) in [4.78, 5) is -0.303. The standard InChI is InChI=1S/C43H31N7O5S/c1-55-41-26-40(49-47-38-23-22-37(46-45-29-12-6-3-7-13-29)34-20-18-31(25-36(34)38)56(52,53)54)33-14-8-9-15-35(33)42(41)50-48-39-21-16-27-24-30(17-19-32(27)43(39)51)44-28-10-4-2-5-11-28/h2-26,44,51H,1H3,(H,52,53,54). The van der Waals surface area contributed by atoms with Gasteiger partial charge in [0.05, 0.1) is 34.8 Å². The number of aromatic hydroxyl groups is 1. The summed E-state index contributed by atoms with van der Waals surface area (Å²) in [7, 11) is -3.02. The van der Waals surface area contributed by atoms with E-state index in [4.69, 9.17) is 4.74 Å². The molecule has 0 saturated carbocycles. The molecule has 12 nitrogen and oxygen atoms in total. The van der Waals surface area contributed by atoms with Crippen LogP contribution >= 0.6 is 0 Å². The predicted octanol–water partition coefficient (Wildman–Crippen LogP) is 13.1. The van der Waals surface area contributed by atoms with Crippen LogP contribution in [0.3, 0.4) is 0 Å². The normalized spacial score (nSPS) is 12.1. The van der Waals surface area contributed by atoms with Crippen molar-refractivity contribution in [2.75, 3.05) is 12.4 Å². The zero-order valence-electron chi connectivity index (χ0n) is 29.6. The molecule has 0 aliphatic heterocycles. The highest BCUT2D eigenvalue weighted by Crippen LogP contribution is 2.45. The van der Waals surface area contributed by atoms with Crippen LogP contribution in [0.4, 0.5) is 45.5 Å². The van der Waals surface area contributed by atoms with Crippen molar-refractivity contribution in [3.8, 4) is 11.5 Å². The van der Waals surface area contributed by atoms with Crippen LogP contribution in [-0.2, 0) is 10.1 Å². The number of ether oxygens (including phenoxy) is 1. The molecule has 3 N–H and O–H groups in total. The van der Waals surface area contributed by atoms with Crippen LogP contribution in [0.2, 0.25) is 0 Å². The minimum atomic E-state index is -4.52. The molecule has 0 aliphatic rings. The number of phenols is 1. The van der Waals surface area contributed by atoms with E-state index in [0.29, 0.717) is 61.1 Å². The number of hydrogen-bond donors (Lipinski definition) is 3. The van der Waals surface area contributed by atoms with Crippen molar-refractivity contribution in [3.05, 3.63) is 152 Å². The lowest BCUT2D eigenvalue weighted by Gasteiger charge is -2.11. The number of hydrogen-bond acceptors (Lipinski definition) is 11. The second kappa shape index (κ2) is 15.2. The molecule has 13 heteroatoms. The number of fused-ring (bicyclic) bond motifs is 3. The number of benzene rings is 8. The third kappa shape index (κ3) is 7.40. The minimum Gasteiger partial charge on any atom is -0.505 e. The molecule has 0 saturated heterocycles. The van der Waals surface area contributed by atoms with Gasteiger partial charge < -0.3 is 15.2 Å². The molecule has 274 valence electrons. The highest BCUT2D eigenvalue weighted by molar-refractivity contribution is 7.85. The molecule has 0 radical (unpaired) electrons. The van der Waals surface area contributed by atoms with Crippen molar-refractivity contribution in [1.29, 1.82) is 0 Å². The van der Waals surface area contributed by atoms with Crippen LogP contribution in [0, 0.1) is 0 Å². The Hall–Kier alpha value is -7.35. The Morgan fingerprint density at radius 2 is 1.12 bits per heavy atom. The summed E-state index contributed by atoms with van der Waals surface area (Å²) in [6, 6.07) is 44.9. The fourth-order valence-corrected chi connectivity index (χ4v) is 6.76. The van der Waals surface area contributed by atoms with Crippen molar-refractivity contribution in [1.82, 2.24) is 0 Å². The van der Waals surface area contributed by atoms with E-state index in [-0.39, 0.29) is 16.3 Å². The fraction of sp³-hybridized carbons (Fsp3) is 0.0233. The van der Waals surface area contributed by atoms with Gasteiger partial charge in [-0.3, -0.25) is 4.55 Å². The summed E-state index contributed by atoms with van der Waals surface area (Å²) in [5.74, 6) is 0.344. The van der Waals surface area contributed by atoms with Crippen molar-refractivity contribution >= 4 is 87.9 Å². The molecule has 0 aromatic heterocycles. The minimum absolute atomic E-state index is 0.0110. The second-order valence-corrected chi connectivity index (χ2v) is 14.0. The summed E-state index contributed by atoms with van der Waals surface area (Å²) >= 11 is 0. The Morgan fingerprint density at radius 3 is 1.88 bits per heavy atom. The van der Waals surface area contributed by atoms with Gasteiger partial charge in [-0.15, -0.1) is 25.6 Å². The van der Waals surface area contributed by atoms with Crippen molar-refractivity contribution in [2.45, 2.75) is 4.90 Å². The topological polar surface area (TPSA) is 170 Å². The van der Waals surface area contributed by atoms with Crippen molar-refractivity contribution in [2.24, 2.45) is 30.7 Å². The number of anilines is 2. The molecule has 0 atom stereocenters. The average molecular weight is 758 g/mol. The maximum absolute atomic E-state index is 12.1. The number of azo groups is 3. The van der Waals surface area contributed by atoms with Gasteiger partial charge in [0.25, 0.3) is 10.1 Å². The predicted molar refractivity (Wildman–Crippen MR) is 219 cm³/mol. The molecule has 0 bridgehead atoms. The summed E-state index contributed by atoms with van der Waals surface area (Å²) in [5, 5.41) is 45.1. The number of nitrogens with zero attached hydrogens (tertiary/aromatic N) is 6. The molecular formula is C43H31N7O5S. The second-order valence-electron chi connectivity index (χ2n) is 12.6. The van der Waals surface area contributed by atoms with E-state index in [2.05, 4.69) is 36.0 Å². The Balaban J connectivity index is 1.15. The van der Waals surface area contributed by atoms with Gasteiger partial charge >= 0.3 is 0 Å². The summed E-state index contributed by atoms with van der Waals surface area (Å²) in [6.07, 6.45) is 0. The monoisotopic (exact) mass is 757 g/mol. The fourth-order valence-electron chi connectivity index (χ4n) is 6.25. The molecular weight excluding hydrogens is 727 g/mol. The zero-order chi connectivity index (χ0) is 38.6. The average Bonchev–Trinajstić information content (AvgIpc) is 3.22. The first-order valence-corrected chi connectivity index (χ1v) is 18.7. The summed E-state index contributed by atoms with van der Waals surface area (Å²) < 4.78 is 39.8. The third-order valence-electron chi connectivity index (χ3n) is 9.00. The van der Waals surface area contributed by atoms with Crippen LogP contribution in [0.25, 0.3) is 32.3 Å². The van der Waals surface area contributed by atoms with E-state index in [9.17, 15) is 18.1 Å². The molecule has 8 aromatic rings. The number of nitrogens with one attached hydrogen (secondary N) is 1. The molecule has 0 spiro atoms. The van der Waals surface area contributed by atoms with Crippen LogP contribution in [0.15, 0.2) is 187 Å². The lowest BCUT2D eigenvalue weighted by molar-refractivity contribution is 0.416. The molecule has 0 fully saturated rings. The Kier molecular flexibility index (Phi) is 9.67. The van der Waals surface area contributed by atoms with Gasteiger partial charge in [0, 0.05) is 44.4 Å². The molecule has 56 heavy (non-hydrogen) atoms. The first-order valence-electron chi connectivity index (χ1n) is 17.3. The van der Waals surface area contributed by atoms with E-state index in [1.165, 1.54) is 19.2 Å². The van der Waals surface area contributed by atoms with Gasteiger partial charge in [0.15, 0.2) is 5.75 Å². The van der Waals surface area contributed by atoms with Crippen LogP contribution < -0.4 is 10.1 Å². The van der Waals surface area contributed by atoms with Gasteiger partial charge in [-0.05, 0) is 78.2 Å². The van der Waals surface area contributed by atoms with E-state index < -0.39 is 10.1 Å². The van der Waals surface area contributed by atoms with E-state index in [1.54, 1.807) is 30.3 Å². The van der Waals surface area contributed by atoms with Gasteiger partial charge in [0.1, 0.15) is 17.1 Å². The molecule has 0 unspecified atom stereocenters. The zero-order valence-corrected chi connectivity index (χ0v) is 30.5. The van der Waals surface area contributed by atoms with Gasteiger partial charge in [-0.1, -0.05) is 72.8 Å². The van der Waals surface area contributed by atoms with Crippen LogP contribution in [-0.4, -0.2) is 25.2 Å². The SMILES string of the molecule is COc1cc(N=Nc2ccc(N=Nc3ccccc3)c3ccc(S(=O)(=O)O)cc23)c2ccccc2c1N=Nc1ccc2cc(Nc3ccccc3)ccc2c1O.